The second kappa shape index (κ2) is 6.52. The van der Waals surface area contributed by atoms with E-state index in [4.69, 9.17) is 0 Å². The highest BCUT2D eigenvalue weighted by Gasteiger charge is 2.07. The number of para-hydroxylation sites is 1. The zero-order chi connectivity index (χ0) is 17.1. The number of hydrogen-bond donors (Lipinski definition) is 2. The van der Waals surface area contributed by atoms with Crippen LogP contribution < -0.4 is 5.43 Å². The van der Waals surface area contributed by atoms with E-state index in [0.29, 0.717) is 11.6 Å². The molecule has 6 heteroatoms. The van der Waals surface area contributed by atoms with Gasteiger partial charge in [-0.3, -0.25) is 0 Å². The van der Waals surface area contributed by atoms with E-state index in [1.807, 2.05) is 67.6 Å². The lowest BCUT2D eigenvalue weighted by Crippen LogP contribution is -1.98. The maximum atomic E-state index is 4.42. The van der Waals surface area contributed by atoms with Crippen LogP contribution >= 0.6 is 0 Å². The number of fused-ring (bicyclic) bond motifs is 3. The molecule has 122 valence electrons. The minimum Gasteiger partial charge on any atom is -0.338 e. The molecule has 2 aromatic heterocycles. The number of anilines is 1. The third kappa shape index (κ3) is 3.23. The lowest BCUT2D eigenvalue weighted by molar-refractivity contribution is 1.01. The van der Waals surface area contributed by atoms with E-state index in [0.717, 1.165) is 27.6 Å². The summed E-state index contributed by atoms with van der Waals surface area (Å²) in [5.41, 5.74) is 7.39. The molecular weight excluding hydrogens is 312 g/mol. The first-order valence-electron chi connectivity index (χ1n) is 7.93. The molecule has 4 rings (SSSR count). The van der Waals surface area contributed by atoms with Crippen molar-refractivity contribution in [1.82, 2.24) is 20.2 Å². The van der Waals surface area contributed by atoms with Crippen molar-refractivity contribution in [3.05, 3.63) is 65.7 Å². The average Bonchev–Trinajstić information content (AvgIpc) is 3.00. The van der Waals surface area contributed by atoms with E-state index in [9.17, 15) is 0 Å². The first-order chi connectivity index (χ1) is 12.3. The predicted octanol–water partition coefficient (Wildman–Crippen LogP) is 4.01. The number of hydrazone groups is 1. The lowest BCUT2D eigenvalue weighted by atomic mass is 10.1. The highest BCUT2D eigenvalue weighted by Crippen LogP contribution is 2.21. The predicted molar refractivity (Wildman–Crippen MR) is 101 cm³/mol. The number of rotatable bonds is 4. The Hall–Kier alpha value is -3.54. The first-order valence-corrected chi connectivity index (χ1v) is 7.93. The van der Waals surface area contributed by atoms with E-state index in [1.165, 1.54) is 0 Å². The van der Waals surface area contributed by atoms with Crippen LogP contribution in [0.3, 0.4) is 0 Å². The molecule has 2 aromatic carbocycles. The van der Waals surface area contributed by atoms with Crippen LogP contribution in [0.15, 0.2) is 65.3 Å². The quantitative estimate of drug-likeness (QED) is 0.438. The largest absolute Gasteiger partial charge is 0.338 e. The van der Waals surface area contributed by atoms with Crippen molar-refractivity contribution in [2.75, 3.05) is 5.43 Å². The van der Waals surface area contributed by atoms with Crippen LogP contribution in [0.25, 0.3) is 28.1 Å². The van der Waals surface area contributed by atoms with Crippen LogP contribution in [-0.4, -0.2) is 26.4 Å². The van der Waals surface area contributed by atoms with Gasteiger partial charge in [-0.1, -0.05) is 54.6 Å². The Bertz CT molecular complexity index is 1080. The van der Waals surface area contributed by atoms with Crippen molar-refractivity contribution in [3.8, 4) is 0 Å². The molecule has 0 saturated heterocycles. The Kier molecular flexibility index (Phi) is 3.92. The van der Waals surface area contributed by atoms with Gasteiger partial charge in [-0.05, 0) is 24.1 Å². The Balaban J connectivity index is 1.52. The normalized spacial score (nSPS) is 12.3. The summed E-state index contributed by atoms with van der Waals surface area (Å²) in [6.45, 7) is 1.98. The molecule has 0 aliphatic carbocycles. The average molecular weight is 328 g/mol. The van der Waals surface area contributed by atoms with Gasteiger partial charge in [0.05, 0.1) is 6.21 Å². The monoisotopic (exact) mass is 328 g/mol. The van der Waals surface area contributed by atoms with Crippen LogP contribution in [0.2, 0.25) is 0 Å². The zero-order valence-corrected chi connectivity index (χ0v) is 13.6. The van der Waals surface area contributed by atoms with Crippen molar-refractivity contribution in [3.63, 3.8) is 0 Å². The number of aromatic amines is 1. The number of aromatic nitrogens is 4. The minimum atomic E-state index is 0.350. The van der Waals surface area contributed by atoms with Crippen molar-refractivity contribution < 1.29 is 0 Å². The first kappa shape index (κ1) is 15.0. The summed E-state index contributed by atoms with van der Waals surface area (Å²) in [6.07, 6.45) is 3.77. The topological polar surface area (TPSA) is 78.8 Å². The Morgan fingerprint density at radius 1 is 1.04 bits per heavy atom. The molecule has 2 N–H and O–H groups in total. The molecule has 0 fully saturated rings. The summed E-state index contributed by atoms with van der Waals surface area (Å²) in [5, 5.41) is 13.5. The number of H-pyrrole nitrogens is 1. The van der Waals surface area contributed by atoms with Crippen molar-refractivity contribution in [1.29, 1.82) is 0 Å². The van der Waals surface area contributed by atoms with Crippen LogP contribution in [0.5, 0.6) is 0 Å². The molecule has 0 bridgehead atoms. The maximum absolute atomic E-state index is 4.42. The van der Waals surface area contributed by atoms with E-state index in [-0.39, 0.29) is 0 Å². The molecule has 2 heterocycles. The summed E-state index contributed by atoms with van der Waals surface area (Å²) >= 11 is 0. The summed E-state index contributed by atoms with van der Waals surface area (Å²) in [7, 11) is 0. The van der Waals surface area contributed by atoms with Crippen LogP contribution in [0, 0.1) is 0 Å². The SMILES string of the molecule is CC(C=NNc1nnc2c(n1)[nH]c1ccccc12)=Cc1ccccc1. The van der Waals surface area contributed by atoms with Crippen molar-refractivity contribution in [2.45, 2.75) is 6.92 Å². The molecule has 25 heavy (non-hydrogen) atoms. The smallest absolute Gasteiger partial charge is 0.265 e. The van der Waals surface area contributed by atoms with E-state index >= 15 is 0 Å². The van der Waals surface area contributed by atoms with Gasteiger partial charge in [0.1, 0.15) is 5.52 Å². The fraction of sp³-hybridized carbons (Fsp3) is 0.0526. The van der Waals surface area contributed by atoms with Crippen LogP contribution in [0.1, 0.15) is 12.5 Å². The van der Waals surface area contributed by atoms with Gasteiger partial charge in [0, 0.05) is 10.9 Å². The molecule has 6 nitrogen and oxygen atoms in total. The van der Waals surface area contributed by atoms with Gasteiger partial charge in [-0.25, -0.2) is 5.43 Å². The molecule has 0 amide bonds. The molecule has 0 aliphatic heterocycles. The summed E-state index contributed by atoms with van der Waals surface area (Å²) in [4.78, 5) is 7.65. The molecule has 0 saturated carbocycles. The molecule has 0 unspecified atom stereocenters. The summed E-state index contributed by atoms with van der Waals surface area (Å²) in [5.74, 6) is 0.350. The maximum Gasteiger partial charge on any atom is 0.265 e. The fourth-order valence-electron chi connectivity index (χ4n) is 2.61. The second-order valence-corrected chi connectivity index (χ2v) is 5.67. The molecule has 0 aliphatic rings. The van der Waals surface area contributed by atoms with Gasteiger partial charge in [0.25, 0.3) is 5.95 Å². The number of nitrogens with zero attached hydrogens (tertiary/aromatic N) is 4. The number of hydrogen-bond acceptors (Lipinski definition) is 5. The highest BCUT2D eigenvalue weighted by atomic mass is 15.4. The van der Waals surface area contributed by atoms with Gasteiger partial charge in [-0.2, -0.15) is 10.1 Å². The third-order valence-electron chi connectivity index (χ3n) is 3.75. The standard InChI is InChI=1S/C19H16N6/c1-13(11-14-7-3-2-4-8-14)12-20-24-19-22-18-17(23-25-19)15-9-5-6-10-16(15)21-18/h2-12H,1H3,(H2,21,22,24,25). The van der Waals surface area contributed by atoms with Crippen LogP contribution in [0.4, 0.5) is 5.95 Å². The molecule has 0 radical (unpaired) electrons. The highest BCUT2D eigenvalue weighted by molar-refractivity contribution is 6.03. The summed E-state index contributed by atoms with van der Waals surface area (Å²) < 4.78 is 0. The van der Waals surface area contributed by atoms with E-state index in [2.05, 4.69) is 30.7 Å². The van der Waals surface area contributed by atoms with Crippen LogP contribution in [-0.2, 0) is 0 Å². The zero-order valence-electron chi connectivity index (χ0n) is 13.6. The minimum absolute atomic E-state index is 0.350. The Morgan fingerprint density at radius 3 is 2.72 bits per heavy atom. The Labute approximate surface area is 144 Å². The fourth-order valence-corrected chi connectivity index (χ4v) is 2.61. The van der Waals surface area contributed by atoms with Gasteiger partial charge >= 0.3 is 0 Å². The number of benzene rings is 2. The van der Waals surface area contributed by atoms with Crippen molar-refractivity contribution >= 4 is 40.3 Å². The molecule has 4 aromatic rings. The third-order valence-corrected chi connectivity index (χ3v) is 3.75. The molecule has 0 spiro atoms. The number of nitrogens with one attached hydrogen (secondary N) is 2. The van der Waals surface area contributed by atoms with Gasteiger partial charge in [-0.15, -0.1) is 10.2 Å². The van der Waals surface area contributed by atoms with E-state index in [1.54, 1.807) is 6.21 Å². The number of allylic oxidation sites excluding steroid dienone is 1. The summed E-state index contributed by atoms with van der Waals surface area (Å²) in [6, 6.07) is 18.0. The van der Waals surface area contributed by atoms with E-state index < -0.39 is 0 Å². The lowest BCUT2D eigenvalue weighted by Gasteiger charge is -1.98. The van der Waals surface area contributed by atoms with Gasteiger partial charge in [0.15, 0.2) is 5.65 Å². The molecule has 0 atom stereocenters. The van der Waals surface area contributed by atoms with Crippen molar-refractivity contribution in [2.24, 2.45) is 5.10 Å². The molecular formula is C19H16N6. The van der Waals surface area contributed by atoms with Gasteiger partial charge < -0.3 is 4.98 Å². The van der Waals surface area contributed by atoms with Gasteiger partial charge in [0.2, 0.25) is 0 Å². The Morgan fingerprint density at radius 2 is 1.84 bits per heavy atom. The second-order valence-electron chi connectivity index (χ2n) is 5.67.